The molecule has 1 aromatic rings. The van der Waals surface area contributed by atoms with Crippen LogP contribution in [0, 0.1) is 5.92 Å². The first-order valence-electron chi connectivity index (χ1n) is 8.10. The highest BCUT2D eigenvalue weighted by molar-refractivity contribution is 5.62. The Labute approximate surface area is 130 Å². The minimum atomic E-state index is -0.539. The van der Waals surface area contributed by atoms with Gasteiger partial charge in [-0.3, -0.25) is 0 Å². The van der Waals surface area contributed by atoms with Crippen molar-refractivity contribution in [2.45, 2.75) is 36.5 Å². The Hall–Kier alpha value is -1.52. The van der Waals surface area contributed by atoms with Crippen molar-refractivity contribution in [1.29, 1.82) is 0 Å². The van der Waals surface area contributed by atoms with Crippen molar-refractivity contribution in [2.75, 3.05) is 20.7 Å². The van der Waals surface area contributed by atoms with Crippen molar-refractivity contribution >= 4 is 0 Å². The first kappa shape index (κ1) is 13.0. The van der Waals surface area contributed by atoms with Gasteiger partial charge in [-0.1, -0.05) is 18.2 Å². The summed E-state index contributed by atoms with van der Waals surface area (Å²) in [7, 11) is 3.91. The molecular weight excluding hydrogens is 278 g/mol. The Bertz CT molecular complexity index is 685. The zero-order chi connectivity index (χ0) is 15.1. The highest BCUT2D eigenvalue weighted by Gasteiger charge is 2.64. The van der Waals surface area contributed by atoms with Crippen LogP contribution in [0.3, 0.4) is 0 Å². The number of ether oxygens (including phenoxy) is 2. The normalized spacial score (nSPS) is 41.0. The van der Waals surface area contributed by atoms with Gasteiger partial charge in [-0.05, 0) is 38.1 Å². The van der Waals surface area contributed by atoms with Crippen LogP contribution in [0.2, 0.25) is 0 Å². The first-order valence-corrected chi connectivity index (χ1v) is 8.10. The molecule has 5 atom stereocenters. The average Bonchev–Trinajstić information content (AvgIpc) is 2.88. The molecule has 2 aliphatic carbocycles. The minimum Gasteiger partial charge on any atom is -0.493 e. The van der Waals surface area contributed by atoms with Gasteiger partial charge in [0.1, 0.15) is 12.2 Å². The summed E-state index contributed by atoms with van der Waals surface area (Å²) in [6.45, 7) is 1.05. The molecule has 2 aliphatic heterocycles. The van der Waals surface area contributed by atoms with Gasteiger partial charge in [0.2, 0.25) is 0 Å². The second kappa shape index (κ2) is 4.06. The van der Waals surface area contributed by atoms with Crippen LogP contribution >= 0.6 is 0 Å². The lowest BCUT2D eigenvalue weighted by Gasteiger charge is -2.56. The maximum atomic E-state index is 10.6. The summed E-state index contributed by atoms with van der Waals surface area (Å²) >= 11 is 0. The number of likely N-dealkylation sites (N-methyl/N-ethyl adjacent to an activating group) is 1. The second-order valence-corrected chi connectivity index (χ2v) is 7.11. The van der Waals surface area contributed by atoms with Gasteiger partial charge in [-0.2, -0.15) is 0 Å². The van der Waals surface area contributed by atoms with Crippen LogP contribution in [0.1, 0.15) is 17.5 Å². The van der Waals surface area contributed by atoms with Gasteiger partial charge < -0.3 is 19.5 Å². The number of hydrogen-bond acceptors (Lipinski definition) is 4. The predicted octanol–water partition coefficient (Wildman–Crippen LogP) is 1.50. The summed E-state index contributed by atoms with van der Waals surface area (Å²) in [5.41, 5.74) is 2.60. The van der Waals surface area contributed by atoms with Crippen molar-refractivity contribution in [3.8, 4) is 11.5 Å². The summed E-state index contributed by atoms with van der Waals surface area (Å²) in [5, 5.41) is 10.6. The van der Waals surface area contributed by atoms with E-state index < -0.39 is 6.10 Å². The number of methoxy groups -OCH3 is 1. The Morgan fingerprint density at radius 3 is 3.05 bits per heavy atom. The standard InChI is InChI=1S/C18H21NO3/c1-19-8-7-18-11-4-5-13(20)17(18)22-16-14(21-2)6-3-10(15(16)18)9-12(11)19/h3-6,11-13,17,20H,7-9H2,1-2H3/t11?,12-,13-,17-,18-/m1/s1. The van der Waals surface area contributed by atoms with E-state index >= 15 is 0 Å². The number of aliphatic hydroxyl groups is 1. The topological polar surface area (TPSA) is 41.9 Å². The number of piperidine rings is 1. The van der Waals surface area contributed by atoms with E-state index in [9.17, 15) is 5.11 Å². The molecule has 1 saturated heterocycles. The zero-order valence-electron chi connectivity index (χ0n) is 13.0. The van der Waals surface area contributed by atoms with Crippen molar-refractivity contribution in [2.24, 2.45) is 5.92 Å². The van der Waals surface area contributed by atoms with E-state index in [4.69, 9.17) is 9.47 Å². The SMILES string of the molecule is COc1ccc2c3c1O[C@@H]1[C@H](O)C=CC4[C@@H](C2)N(C)CC[C@]341. The van der Waals surface area contributed by atoms with Gasteiger partial charge >= 0.3 is 0 Å². The summed E-state index contributed by atoms with van der Waals surface area (Å²) < 4.78 is 11.8. The van der Waals surface area contributed by atoms with Crippen molar-refractivity contribution in [3.63, 3.8) is 0 Å². The molecule has 1 N–H and O–H groups in total. The maximum Gasteiger partial charge on any atom is 0.165 e. The second-order valence-electron chi connectivity index (χ2n) is 7.11. The molecule has 1 aromatic carbocycles. The number of benzene rings is 1. The highest BCUT2D eigenvalue weighted by Crippen LogP contribution is 2.62. The molecule has 4 heteroatoms. The fourth-order valence-electron chi connectivity index (χ4n) is 5.39. The Morgan fingerprint density at radius 1 is 1.36 bits per heavy atom. The van der Waals surface area contributed by atoms with Crippen molar-refractivity contribution in [3.05, 3.63) is 35.4 Å². The smallest absolute Gasteiger partial charge is 0.165 e. The van der Waals surface area contributed by atoms with E-state index in [2.05, 4.69) is 24.1 Å². The van der Waals surface area contributed by atoms with Crippen LogP contribution in [-0.4, -0.2) is 49.0 Å². The molecule has 116 valence electrons. The molecule has 0 amide bonds. The monoisotopic (exact) mass is 299 g/mol. The lowest BCUT2D eigenvalue weighted by Crippen LogP contribution is -2.64. The van der Waals surface area contributed by atoms with E-state index in [0.717, 1.165) is 30.9 Å². The van der Waals surface area contributed by atoms with Crippen molar-refractivity contribution in [1.82, 2.24) is 4.90 Å². The first-order chi connectivity index (χ1) is 10.7. The van der Waals surface area contributed by atoms with Crippen LogP contribution in [-0.2, 0) is 11.8 Å². The number of aliphatic hydroxyl groups excluding tert-OH is 1. The minimum absolute atomic E-state index is 0.0806. The molecule has 4 aliphatic rings. The third-order valence-electron chi connectivity index (χ3n) is 6.35. The van der Waals surface area contributed by atoms with Crippen LogP contribution in [0.15, 0.2) is 24.3 Å². The molecule has 1 spiro atoms. The lowest BCUT2D eigenvalue weighted by molar-refractivity contribution is -0.0453. The fourth-order valence-corrected chi connectivity index (χ4v) is 5.39. The highest BCUT2D eigenvalue weighted by atomic mass is 16.5. The Kier molecular flexibility index (Phi) is 2.39. The maximum absolute atomic E-state index is 10.6. The number of rotatable bonds is 1. The largest absolute Gasteiger partial charge is 0.493 e. The van der Waals surface area contributed by atoms with Gasteiger partial charge in [0.15, 0.2) is 11.5 Å². The van der Waals surface area contributed by atoms with E-state index in [1.807, 2.05) is 12.1 Å². The van der Waals surface area contributed by atoms with Gasteiger partial charge in [0, 0.05) is 22.9 Å². The number of nitrogens with zero attached hydrogens (tertiary/aromatic N) is 1. The molecule has 1 fully saturated rings. The molecule has 0 aromatic heterocycles. The third-order valence-corrected chi connectivity index (χ3v) is 6.35. The zero-order valence-corrected chi connectivity index (χ0v) is 13.0. The molecular formula is C18H21NO3. The van der Waals surface area contributed by atoms with Crippen LogP contribution < -0.4 is 9.47 Å². The van der Waals surface area contributed by atoms with Crippen LogP contribution in [0.5, 0.6) is 11.5 Å². The third kappa shape index (κ3) is 1.28. The molecule has 5 rings (SSSR count). The van der Waals surface area contributed by atoms with E-state index in [0.29, 0.717) is 12.0 Å². The predicted molar refractivity (Wildman–Crippen MR) is 82.5 cm³/mol. The van der Waals surface area contributed by atoms with Gasteiger partial charge in [-0.25, -0.2) is 0 Å². The van der Waals surface area contributed by atoms with Crippen LogP contribution in [0.4, 0.5) is 0 Å². The van der Waals surface area contributed by atoms with Gasteiger partial charge in [0.05, 0.1) is 7.11 Å². The van der Waals surface area contributed by atoms with Crippen LogP contribution in [0.25, 0.3) is 0 Å². The molecule has 2 bridgehead atoms. The van der Waals surface area contributed by atoms with E-state index in [1.165, 1.54) is 11.1 Å². The molecule has 4 nitrogen and oxygen atoms in total. The Balaban J connectivity index is 1.82. The number of hydrogen-bond donors (Lipinski definition) is 1. The summed E-state index contributed by atoms with van der Waals surface area (Å²) in [4.78, 5) is 2.47. The van der Waals surface area contributed by atoms with Gasteiger partial charge in [-0.15, -0.1) is 0 Å². The molecule has 1 unspecified atom stereocenters. The molecule has 2 heterocycles. The Morgan fingerprint density at radius 2 is 2.23 bits per heavy atom. The van der Waals surface area contributed by atoms with Gasteiger partial charge in [0.25, 0.3) is 0 Å². The fraction of sp³-hybridized carbons (Fsp3) is 0.556. The van der Waals surface area contributed by atoms with E-state index in [1.54, 1.807) is 7.11 Å². The summed E-state index contributed by atoms with van der Waals surface area (Å²) in [5.74, 6) is 2.09. The molecule has 0 saturated carbocycles. The summed E-state index contributed by atoms with van der Waals surface area (Å²) in [6, 6.07) is 4.70. The van der Waals surface area contributed by atoms with Crippen molar-refractivity contribution < 1.29 is 14.6 Å². The van der Waals surface area contributed by atoms with E-state index in [-0.39, 0.29) is 11.5 Å². The number of likely N-dealkylation sites (tertiary alicyclic amines) is 1. The lowest BCUT2D eigenvalue weighted by atomic mass is 9.53. The molecule has 0 radical (unpaired) electrons. The average molecular weight is 299 g/mol. The molecule has 22 heavy (non-hydrogen) atoms. The summed E-state index contributed by atoms with van der Waals surface area (Å²) in [6.07, 6.45) is 5.54. The quantitative estimate of drug-likeness (QED) is 0.798.